The lowest BCUT2D eigenvalue weighted by atomic mass is 9.78. The van der Waals surface area contributed by atoms with E-state index in [9.17, 15) is 65.3 Å². The van der Waals surface area contributed by atoms with Gasteiger partial charge in [-0.25, -0.2) is 55.7 Å². The summed E-state index contributed by atoms with van der Waals surface area (Å²) in [6.45, 7) is 11.1. The van der Waals surface area contributed by atoms with Crippen LogP contribution in [0.1, 0.15) is 159 Å². The number of hydrogen-bond donors (Lipinski definition) is 3. The number of rotatable bonds is 25. The third-order valence-electron chi connectivity index (χ3n) is 24.5. The van der Waals surface area contributed by atoms with E-state index in [1.807, 2.05) is 85.8 Å². The van der Waals surface area contributed by atoms with Crippen LogP contribution in [0.25, 0.3) is 33.4 Å². The fourth-order valence-corrected chi connectivity index (χ4v) is 17.1. The molecule has 2 aliphatic carbocycles. The number of aryl methyl sites for hydroxylation is 1. The minimum atomic E-state index is -0.992. The molecule has 17 rings (SSSR count). The zero-order valence-electron chi connectivity index (χ0n) is 68.1. The number of methoxy groups -OCH3 is 3. The number of nitrogens with zero attached hydrogens (tertiary/aromatic N) is 9. The maximum Gasteiger partial charge on any atom is 0.411 e. The molecule has 2 saturated carbocycles. The van der Waals surface area contributed by atoms with Crippen LogP contribution in [0.15, 0.2) is 146 Å². The summed E-state index contributed by atoms with van der Waals surface area (Å²) < 4.78 is 117. The molecule has 3 amide bonds. The third kappa shape index (κ3) is 18.1. The average Bonchev–Trinajstić information content (AvgIpc) is 1.52. The Kier molecular flexibility index (Phi) is 24.9. The molecule has 8 atom stereocenters. The van der Waals surface area contributed by atoms with E-state index in [1.54, 1.807) is 46.1 Å². The molecule has 3 N–H and O–H groups in total. The fraction of sp³-hybridized carbons (Fsp3) is 0.380. The molecule has 3 aromatic heterocycles. The second kappa shape index (κ2) is 36.0. The lowest BCUT2D eigenvalue weighted by Crippen LogP contribution is -2.38. The number of pyridine rings is 3. The molecule has 24 nitrogen and oxygen atoms in total. The van der Waals surface area contributed by atoms with E-state index < -0.39 is 113 Å². The zero-order valence-corrected chi connectivity index (χ0v) is 68.1. The number of carbonyl (C=O) groups excluding carboxylic acids is 3. The number of carboxylic acids is 3. The Hall–Kier alpha value is -12.6. The molecule has 30 heteroatoms. The maximum absolute atomic E-state index is 14.0. The van der Waals surface area contributed by atoms with Gasteiger partial charge in [-0.1, -0.05) is 24.3 Å². The SMILES string of the molecule is COc1ccc(C2CCC(C(=O)O)CC2)cc1-c1ccc(N2CCC2)nc1CN1C(=O)O[C@H](c2ccc(F)c(F)c2)[C@@H]1C.COc1ccc(CCC(=O)O)cc1-c1ccc(N2CCC2)nc1CN1C(=O)O[C@H](c2cc(F)cc(F)c2)[C@@H]1C.COc1ccc([C@@H]2C[C@H]2C(=O)O)cc1-c1ccc(N2CCC2)nc1CN1C(=O)O[C@H](c2cc(F)cc(F)c2)[C@@H]1C. The second-order valence-corrected chi connectivity index (χ2v) is 32.1. The minimum Gasteiger partial charge on any atom is -0.496 e. The molecule has 9 heterocycles. The summed E-state index contributed by atoms with van der Waals surface area (Å²) in [6.07, 6.45) is 2.81. The van der Waals surface area contributed by atoms with Crippen molar-refractivity contribution in [1.29, 1.82) is 0 Å². The number of amides is 3. The van der Waals surface area contributed by atoms with Gasteiger partial charge in [0, 0.05) is 102 Å². The van der Waals surface area contributed by atoms with Gasteiger partial charge in [-0.3, -0.25) is 29.1 Å². The van der Waals surface area contributed by atoms with Gasteiger partial charge < -0.3 is 58.4 Å². The first kappa shape index (κ1) is 84.4. The van der Waals surface area contributed by atoms with Gasteiger partial charge in [-0.15, -0.1) is 0 Å². The normalized spacial score (nSPS) is 22.0. The number of halogens is 6. The standard InChI is InChI=1S/C33H35F2N3O5.C30H29F2N3O5.C29H29F2N3O5/c1-19-31(23-8-11-26(34)27(35)17-23)43-33(41)38(19)18-28-24(10-13-30(36-28)37-14-3-15-37)25-16-22(9-12-29(25)42-2)20-4-6-21(7-5-20)32(39)40;1-16-28(18-10-19(31)13-20(32)11-18)40-30(38)35(16)15-25-21(5-7-27(33-25)34-8-3-9-34)23-12-17(4-6-26(23)39-2)22-14-24(22)29(36)37;1-17-28(19-13-20(30)15-21(31)14-19)39-29(37)34(17)16-24-22(6-8-26(32-24)33-10-3-11-33)23-12-18(5-9-27(35)36)4-7-25(23)38-2/h8-13,16-17,19-21,31H,3-7,14-15,18H2,1-2H3,(H,39,40);4-7,10-13,16,22,24,28H,3,8-9,14-15H2,1-2H3,(H,36,37);4,6-8,12-15,17,28H,3,5,9-11,16H2,1-2H3,(H,35,36)/t19-,20?,21?,31-;16-,22-,24+,28-;17-,28-/m000/s1. The predicted molar refractivity (Wildman–Crippen MR) is 438 cm³/mol. The summed E-state index contributed by atoms with van der Waals surface area (Å²) in [6, 6.07) is 37.3. The number of aliphatic carboxylic acids is 3. The topological polar surface area (TPSA) is 277 Å². The van der Waals surface area contributed by atoms with Crippen LogP contribution in [0, 0.1) is 46.7 Å². The quantitative estimate of drug-likeness (QED) is 0.0354. The Morgan fingerprint density at radius 3 is 1.17 bits per heavy atom. The van der Waals surface area contributed by atoms with E-state index in [1.165, 1.54) is 40.1 Å². The van der Waals surface area contributed by atoms with Crippen molar-refractivity contribution in [3.63, 3.8) is 0 Å². The Balaban J connectivity index is 0.000000142. The number of carbonyl (C=O) groups is 6. The molecular weight excluding hydrogens is 1590 g/mol. The van der Waals surface area contributed by atoms with Gasteiger partial charge in [0.2, 0.25) is 0 Å². The fourth-order valence-electron chi connectivity index (χ4n) is 17.1. The van der Waals surface area contributed by atoms with Crippen molar-refractivity contribution in [1.82, 2.24) is 29.7 Å². The molecule has 8 aliphatic rings. The number of cyclic esters (lactones) is 3. The zero-order chi connectivity index (χ0) is 86.1. The molecule has 0 bridgehead atoms. The van der Waals surface area contributed by atoms with Crippen molar-refractivity contribution in [2.24, 2.45) is 11.8 Å². The molecule has 6 aliphatic heterocycles. The third-order valence-corrected chi connectivity index (χ3v) is 24.5. The molecular formula is C92H93F6N9O15. The highest BCUT2D eigenvalue weighted by atomic mass is 19.2. The maximum atomic E-state index is 14.0. The first-order chi connectivity index (χ1) is 58.7. The number of carboxylic acid groups (broad SMARTS) is 3. The van der Waals surface area contributed by atoms with Gasteiger partial charge >= 0.3 is 36.2 Å². The Morgan fingerprint density at radius 1 is 0.418 bits per heavy atom. The van der Waals surface area contributed by atoms with Gasteiger partial charge in [0.15, 0.2) is 11.6 Å². The van der Waals surface area contributed by atoms with E-state index in [4.69, 9.17) is 48.5 Å². The Labute approximate surface area is 700 Å². The summed E-state index contributed by atoms with van der Waals surface area (Å²) in [7, 11) is 4.74. The van der Waals surface area contributed by atoms with Gasteiger partial charge in [0.05, 0.1) is 88.0 Å². The average molecular weight is 1680 g/mol. The van der Waals surface area contributed by atoms with Crippen LogP contribution in [0.3, 0.4) is 0 Å². The van der Waals surface area contributed by atoms with Gasteiger partial charge in [0.25, 0.3) is 0 Å². The molecule has 9 aromatic rings. The van der Waals surface area contributed by atoms with Crippen molar-refractivity contribution in [2.75, 3.05) is 75.3 Å². The Bertz CT molecular complexity index is 5450. The largest absolute Gasteiger partial charge is 0.496 e. The summed E-state index contributed by atoms with van der Waals surface area (Å²) in [5.74, 6) is -3.63. The molecule has 122 heavy (non-hydrogen) atoms. The van der Waals surface area contributed by atoms with Crippen molar-refractivity contribution >= 4 is 53.6 Å². The second-order valence-electron chi connectivity index (χ2n) is 32.1. The van der Waals surface area contributed by atoms with E-state index in [0.717, 1.165) is 163 Å². The van der Waals surface area contributed by atoms with Crippen molar-refractivity contribution < 1.29 is 98.9 Å². The number of aromatic nitrogens is 3. The first-order valence-electron chi connectivity index (χ1n) is 40.9. The smallest absolute Gasteiger partial charge is 0.411 e. The molecule has 0 unspecified atom stereocenters. The Morgan fingerprint density at radius 2 is 0.803 bits per heavy atom. The summed E-state index contributed by atoms with van der Waals surface area (Å²) >= 11 is 0. The highest BCUT2D eigenvalue weighted by Gasteiger charge is 2.47. The molecule has 8 fully saturated rings. The molecule has 0 radical (unpaired) electrons. The summed E-state index contributed by atoms with van der Waals surface area (Å²) in [5, 5.41) is 28.0. The molecule has 638 valence electrons. The monoisotopic (exact) mass is 1680 g/mol. The molecule has 6 aromatic carbocycles. The highest BCUT2D eigenvalue weighted by molar-refractivity contribution is 5.81. The van der Waals surface area contributed by atoms with E-state index in [2.05, 4.69) is 20.8 Å². The predicted octanol–water partition coefficient (Wildman–Crippen LogP) is 17.5. The number of ether oxygens (including phenoxy) is 6. The highest BCUT2D eigenvalue weighted by Crippen LogP contribution is 2.51. The van der Waals surface area contributed by atoms with Crippen LogP contribution >= 0.6 is 0 Å². The number of benzene rings is 6. The summed E-state index contributed by atoms with van der Waals surface area (Å²) in [4.78, 5) is 99.2. The summed E-state index contributed by atoms with van der Waals surface area (Å²) in [5.41, 5.74) is 10.2. The van der Waals surface area contributed by atoms with Crippen LogP contribution in [0.2, 0.25) is 0 Å². The van der Waals surface area contributed by atoms with Crippen LogP contribution < -0.4 is 28.9 Å². The van der Waals surface area contributed by atoms with Gasteiger partial charge in [-0.05, 0) is 222 Å². The molecule has 0 spiro atoms. The minimum absolute atomic E-state index is 0.00995. The van der Waals surface area contributed by atoms with Crippen molar-refractivity contribution in [3.8, 4) is 50.6 Å². The van der Waals surface area contributed by atoms with E-state index >= 15 is 0 Å². The number of anilines is 3. The van der Waals surface area contributed by atoms with Crippen molar-refractivity contribution in [3.05, 3.63) is 231 Å². The lowest BCUT2D eigenvalue weighted by molar-refractivity contribution is -0.143. The van der Waals surface area contributed by atoms with Crippen LogP contribution in [0.4, 0.5) is 58.2 Å². The van der Waals surface area contributed by atoms with Gasteiger partial charge in [0.1, 0.15) is 76.3 Å². The van der Waals surface area contributed by atoms with Crippen LogP contribution in [-0.4, -0.2) is 160 Å². The van der Waals surface area contributed by atoms with Crippen LogP contribution in [-0.2, 0) is 54.6 Å². The molecule has 6 saturated heterocycles. The van der Waals surface area contributed by atoms with Crippen LogP contribution in [0.5, 0.6) is 17.2 Å². The van der Waals surface area contributed by atoms with Crippen molar-refractivity contribution in [2.45, 2.75) is 153 Å². The number of hydrogen-bond acceptors (Lipinski definition) is 18. The first-order valence-corrected chi connectivity index (χ1v) is 40.9. The van der Waals surface area contributed by atoms with E-state index in [0.29, 0.717) is 65.6 Å². The van der Waals surface area contributed by atoms with E-state index in [-0.39, 0.29) is 54.9 Å². The lowest BCUT2D eigenvalue weighted by Gasteiger charge is -2.33. The van der Waals surface area contributed by atoms with Gasteiger partial charge in [-0.2, -0.15) is 0 Å².